The number of aromatic nitrogens is 5. The van der Waals surface area contributed by atoms with Crippen molar-refractivity contribution in [1.29, 1.82) is 0 Å². The Hall–Kier alpha value is -4.92. The molecule has 1 unspecified atom stereocenters. The Labute approximate surface area is 268 Å². The van der Waals surface area contributed by atoms with Crippen molar-refractivity contribution in [2.45, 2.75) is 51.4 Å². The average Bonchev–Trinajstić information content (AvgIpc) is 3.66. The van der Waals surface area contributed by atoms with Gasteiger partial charge >= 0.3 is 12.1 Å². The lowest BCUT2D eigenvalue weighted by Gasteiger charge is -2.39. The van der Waals surface area contributed by atoms with E-state index in [1.165, 1.54) is 16.8 Å². The number of carboxylic acid groups (broad SMARTS) is 1. The van der Waals surface area contributed by atoms with Crippen LogP contribution < -0.4 is 25.4 Å². The number of hydrogen-bond acceptors (Lipinski definition) is 10. The van der Waals surface area contributed by atoms with Crippen LogP contribution in [-0.2, 0) is 4.79 Å². The third kappa shape index (κ3) is 6.94. The van der Waals surface area contributed by atoms with Crippen molar-refractivity contribution < 1.29 is 32.5 Å². The first-order valence-corrected chi connectivity index (χ1v) is 15.3. The number of pyridine rings is 1. The van der Waals surface area contributed by atoms with Crippen LogP contribution >= 0.6 is 0 Å². The molecule has 2 saturated heterocycles. The fourth-order valence-corrected chi connectivity index (χ4v) is 6.24. The van der Waals surface area contributed by atoms with E-state index < -0.39 is 24.3 Å². The summed E-state index contributed by atoms with van der Waals surface area (Å²) in [5.74, 6) is -0.650. The molecular formula is C32H35F3N8O4. The zero-order chi connectivity index (χ0) is 33.3. The molecule has 3 aromatic heterocycles. The molecule has 2 aliphatic heterocycles. The van der Waals surface area contributed by atoms with Gasteiger partial charge in [-0.1, -0.05) is 12.1 Å². The number of aryl methyl sites for hydroxylation is 1. The minimum atomic E-state index is -4.84. The van der Waals surface area contributed by atoms with Crippen LogP contribution in [0, 0.1) is 12.3 Å². The molecule has 248 valence electrons. The maximum Gasteiger partial charge on any atom is 0.429 e. The minimum absolute atomic E-state index is 0.159. The number of nitrogens with two attached hydrogens (primary N) is 1. The Morgan fingerprint density at radius 3 is 2.51 bits per heavy atom. The van der Waals surface area contributed by atoms with E-state index in [-0.39, 0.29) is 28.5 Å². The Bertz CT molecular complexity index is 1740. The van der Waals surface area contributed by atoms with Crippen LogP contribution in [-0.4, -0.2) is 74.3 Å². The lowest BCUT2D eigenvalue weighted by atomic mass is 9.76. The number of benzene rings is 1. The van der Waals surface area contributed by atoms with E-state index in [4.69, 9.17) is 15.2 Å². The van der Waals surface area contributed by atoms with Gasteiger partial charge in [0, 0.05) is 55.3 Å². The van der Waals surface area contributed by atoms with Gasteiger partial charge in [0.1, 0.15) is 11.9 Å². The van der Waals surface area contributed by atoms with Crippen LogP contribution in [0.5, 0.6) is 11.8 Å². The van der Waals surface area contributed by atoms with Crippen molar-refractivity contribution in [3.8, 4) is 28.6 Å². The SMILES string of the molecule is CCOc1ccc(-c2ccc([C@@H](Oc3cc(N4CCC5(CC4)CNC(C(=O)O)C5)nc(N)n3)C(F)(F)F)c(-n3ccc(C)n3)c2)cn1. The predicted octanol–water partition coefficient (Wildman–Crippen LogP) is 4.73. The summed E-state index contributed by atoms with van der Waals surface area (Å²) in [6, 6.07) is 10.5. The van der Waals surface area contributed by atoms with Crippen LogP contribution in [0.25, 0.3) is 16.8 Å². The second kappa shape index (κ2) is 12.7. The number of carboxylic acids is 1. The van der Waals surface area contributed by atoms with Gasteiger partial charge in [0.05, 0.1) is 18.0 Å². The van der Waals surface area contributed by atoms with Crippen LogP contribution in [0.4, 0.5) is 24.9 Å². The zero-order valence-electron chi connectivity index (χ0n) is 25.9. The van der Waals surface area contributed by atoms with Crippen molar-refractivity contribution in [2.75, 3.05) is 36.9 Å². The number of ether oxygens (including phenoxy) is 2. The molecule has 0 bridgehead atoms. The number of piperidine rings is 1. The molecule has 2 fully saturated rings. The molecule has 4 N–H and O–H groups in total. The van der Waals surface area contributed by atoms with E-state index in [0.717, 1.165) is 0 Å². The molecule has 47 heavy (non-hydrogen) atoms. The van der Waals surface area contributed by atoms with E-state index in [1.807, 2.05) is 11.8 Å². The zero-order valence-corrected chi connectivity index (χ0v) is 25.9. The molecule has 5 heterocycles. The van der Waals surface area contributed by atoms with E-state index in [1.54, 1.807) is 49.6 Å². The summed E-state index contributed by atoms with van der Waals surface area (Å²) >= 11 is 0. The van der Waals surface area contributed by atoms with E-state index in [0.29, 0.717) is 74.0 Å². The van der Waals surface area contributed by atoms with Gasteiger partial charge in [-0.3, -0.25) is 4.79 Å². The highest BCUT2D eigenvalue weighted by Crippen LogP contribution is 2.42. The third-order valence-electron chi connectivity index (χ3n) is 8.69. The van der Waals surface area contributed by atoms with Gasteiger partial charge in [0.2, 0.25) is 23.8 Å². The first-order chi connectivity index (χ1) is 22.4. The molecule has 2 atom stereocenters. The molecule has 1 spiro atoms. The van der Waals surface area contributed by atoms with Gasteiger partial charge in [-0.2, -0.15) is 28.2 Å². The molecule has 0 saturated carbocycles. The molecule has 15 heteroatoms. The van der Waals surface area contributed by atoms with Crippen LogP contribution in [0.15, 0.2) is 54.9 Å². The Balaban J connectivity index is 1.29. The molecule has 4 aromatic rings. The van der Waals surface area contributed by atoms with E-state index in [9.17, 15) is 23.1 Å². The van der Waals surface area contributed by atoms with E-state index >= 15 is 0 Å². The molecule has 0 radical (unpaired) electrons. The second-order valence-corrected chi connectivity index (χ2v) is 11.9. The quantitative estimate of drug-likeness (QED) is 0.230. The lowest BCUT2D eigenvalue weighted by Crippen LogP contribution is -2.41. The summed E-state index contributed by atoms with van der Waals surface area (Å²) in [4.78, 5) is 25.9. The number of nitrogens with one attached hydrogen (secondary N) is 1. The Kier molecular flexibility index (Phi) is 8.66. The monoisotopic (exact) mass is 652 g/mol. The molecule has 12 nitrogen and oxygen atoms in total. The van der Waals surface area contributed by atoms with Crippen molar-refractivity contribution >= 4 is 17.7 Å². The fraction of sp³-hybridized carbons (Fsp3) is 0.406. The lowest BCUT2D eigenvalue weighted by molar-refractivity contribution is -0.198. The van der Waals surface area contributed by atoms with Gasteiger partial charge in [-0.15, -0.1) is 0 Å². The smallest absolute Gasteiger partial charge is 0.429 e. The van der Waals surface area contributed by atoms with Crippen LogP contribution in [0.1, 0.15) is 43.5 Å². The van der Waals surface area contributed by atoms with Gasteiger partial charge in [-0.25, -0.2) is 9.67 Å². The highest BCUT2D eigenvalue weighted by molar-refractivity contribution is 5.74. The molecule has 0 amide bonds. The number of anilines is 2. The standard InChI is InChI=1S/C32H35F3N8O4/c1-3-46-26-7-5-21(17-37-26)20-4-6-22(24(14-20)43-11-8-19(2)41-43)28(32(33,34)35)47-27-15-25(39-30(36)40-27)42-12-9-31(10-13-42)16-23(29(44)45)38-18-31/h4-8,11,14-15,17,23,28,38H,3,9-10,12-13,16,18H2,1-2H3,(H,44,45)(H2,36,39,40)/t23?,28-/m1/s1. The first kappa shape index (κ1) is 32.0. The molecule has 0 aliphatic carbocycles. The minimum Gasteiger partial charge on any atom is -0.480 e. The Morgan fingerprint density at radius 1 is 1.13 bits per heavy atom. The average molecular weight is 653 g/mol. The summed E-state index contributed by atoms with van der Waals surface area (Å²) in [6.45, 7) is 5.69. The van der Waals surface area contributed by atoms with Gasteiger partial charge < -0.3 is 30.5 Å². The number of carbonyl (C=O) groups is 1. The summed E-state index contributed by atoms with van der Waals surface area (Å²) in [5.41, 5.74) is 7.73. The van der Waals surface area contributed by atoms with Crippen LogP contribution in [0.3, 0.4) is 0 Å². The summed E-state index contributed by atoms with van der Waals surface area (Å²) in [5, 5.41) is 16.9. The van der Waals surface area contributed by atoms with Crippen molar-refractivity contribution in [1.82, 2.24) is 30.0 Å². The topological polar surface area (TPSA) is 154 Å². The first-order valence-electron chi connectivity index (χ1n) is 15.3. The summed E-state index contributed by atoms with van der Waals surface area (Å²) < 4.78 is 56.9. The maximum atomic E-state index is 14.8. The van der Waals surface area contributed by atoms with Crippen molar-refractivity contribution in [3.63, 3.8) is 0 Å². The number of hydrogen-bond donors (Lipinski definition) is 3. The van der Waals surface area contributed by atoms with Crippen molar-refractivity contribution in [2.24, 2.45) is 5.41 Å². The third-order valence-corrected chi connectivity index (χ3v) is 8.69. The summed E-state index contributed by atoms with van der Waals surface area (Å²) in [7, 11) is 0. The van der Waals surface area contributed by atoms with Gasteiger partial charge in [0.15, 0.2) is 0 Å². The molecular weight excluding hydrogens is 617 g/mol. The largest absolute Gasteiger partial charge is 0.480 e. The van der Waals surface area contributed by atoms with Crippen LogP contribution in [0.2, 0.25) is 0 Å². The van der Waals surface area contributed by atoms with Crippen molar-refractivity contribution in [3.05, 3.63) is 66.1 Å². The van der Waals surface area contributed by atoms with Gasteiger partial charge in [0.25, 0.3) is 0 Å². The predicted molar refractivity (Wildman–Crippen MR) is 166 cm³/mol. The normalized spacial score (nSPS) is 18.3. The van der Waals surface area contributed by atoms with Gasteiger partial charge in [-0.05, 0) is 62.3 Å². The number of aliphatic carboxylic acids is 1. The number of nitrogens with zero attached hydrogens (tertiary/aromatic N) is 6. The number of rotatable bonds is 9. The molecule has 1 aromatic carbocycles. The highest BCUT2D eigenvalue weighted by Gasteiger charge is 2.46. The Morgan fingerprint density at radius 2 is 1.89 bits per heavy atom. The number of alkyl halides is 3. The number of halogens is 3. The molecule has 2 aliphatic rings. The van der Waals surface area contributed by atoms with E-state index in [2.05, 4.69) is 25.4 Å². The fourth-order valence-electron chi connectivity index (χ4n) is 6.24. The summed E-state index contributed by atoms with van der Waals surface area (Å²) in [6.07, 6.45) is -2.17. The maximum absolute atomic E-state index is 14.8. The number of nitrogen functional groups attached to an aromatic ring is 1. The highest BCUT2D eigenvalue weighted by atomic mass is 19.4. The molecule has 6 rings (SSSR count). The second-order valence-electron chi connectivity index (χ2n) is 11.9.